The second-order valence-corrected chi connectivity index (χ2v) is 6.79. The smallest absolute Gasteiger partial charge is 0.400 e. The molecule has 2 N–H and O–H groups in total. The SMILES string of the molecule is CC1(C)OB(C(=Cc2cnc(Cl)c(N)c2)CS)OC1(C)C. The number of hydrogen-bond donors (Lipinski definition) is 2. The largest absolute Gasteiger partial charge is 0.491 e. The van der Waals surface area contributed by atoms with Crippen molar-refractivity contribution in [3.8, 4) is 0 Å². The summed E-state index contributed by atoms with van der Waals surface area (Å²) < 4.78 is 12.1. The monoisotopic (exact) mass is 326 g/mol. The Morgan fingerprint density at radius 1 is 1.38 bits per heavy atom. The molecule has 7 heteroatoms. The average molecular weight is 327 g/mol. The van der Waals surface area contributed by atoms with Crippen molar-refractivity contribution in [3.63, 3.8) is 0 Å². The van der Waals surface area contributed by atoms with Gasteiger partial charge in [0.05, 0.1) is 16.9 Å². The fraction of sp³-hybridized carbons (Fsp3) is 0.500. The summed E-state index contributed by atoms with van der Waals surface area (Å²) in [6, 6.07) is 1.77. The van der Waals surface area contributed by atoms with Gasteiger partial charge in [-0.2, -0.15) is 12.6 Å². The summed E-state index contributed by atoms with van der Waals surface area (Å²) in [5.74, 6) is 0.513. The third kappa shape index (κ3) is 3.39. The van der Waals surface area contributed by atoms with Gasteiger partial charge in [-0.25, -0.2) is 4.98 Å². The molecule has 0 radical (unpaired) electrons. The molecule has 0 bridgehead atoms. The maximum atomic E-state index is 6.03. The van der Waals surface area contributed by atoms with Crippen LogP contribution in [0.3, 0.4) is 0 Å². The molecule has 4 nitrogen and oxygen atoms in total. The predicted octanol–water partition coefficient (Wildman–Crippen LogP) is 3.26. The zero-order valence-corrected chi connectivity index (χ0v) is 14.3. The molecular weight excluding hydrogens is 306 g/mol. The van der Waals surface area contributed by atoms with Gasteiger partial charge >= 0.3 is 7.12 Å². The lowest BCUT2D eigenvalue weighted by Gasteiger charge is -2.32. The van der Waals surface area contributed by atoms with E-state index in [0.717, 1.165) is 11.0 Å². The van der Waals surface area contributed by atoms with Crippen molar-refractivity contribution in [3.05, 3.63) is 28.5 Å². The minimum atomic E-state index is -0.426. The molecule has 0 spiro atoms. The van der Waals surface area contributed by atoms with Gasteiger partial charge in [-0.15, -0.1) is 0 Å². The standard InChI is InChI=1S/C14H20BClN2O2S/c1-13(2)14(3,4)20-15(19-13)10(8-21)5-9-6-11(17)12(16)18-7-9/h5-7,21H,8,17H2,1-4H3. The number of rotatable bonds is 3. The minimum absolute atomic E-state index is 0.301. The molecule has 1 aliphatic heterocycles. The highest BCUT2D eigenvalue weighted by molar-refractivity contribution is 7.80. The third-order valence-corrected chi connectivity index (χ3v) is 4.66. The molecule has 0 aromatic carbocycles. The van der Waals surface area contributed by atoms with Crippen LogP contribution in [-0.4, -0.2) is 29.1 Å². The molecular formula is C14H20BClN2O2S. The van der Waals surface area contributed by atoms with Gasteiger partial charge in [0.2, 0.25) is 0 Å². The number of hydrogen-bond acceptors (Lipinski definition) is 5. The summed E-state index contributed by atoms with van der Waals surface area (Å²) in [7, 11) is -0.426. The normalized spacial score (nSPS) is 20.9. The van der Waals surface area contributed by atoms with Crippen LogP contribution >= 0.6 is 24.2 Å². The number of aromatic nitrogens is 1. The third-order valence-electron chi connectivity index (χ3n) is 3.98. The van der Waals surface area contributed by atoms with E-state index in [1.165, 1.54) is 0 Å². The van der Waals surface area contributed by atoms with Crippen LogP contribution in [0.5, 0.6) is 0 Å². The van der Waals surface area contributed by atoms with Crippen molar-refractivity contribution >= 4 is 43.1 Å². The molecule has 0 saturated carbocycles. The van der Waals surface area contributed by atoms with Crippen LogP contribution in [0.1, 0.15) is 33.3 Å². The van der Waals surface area contributed by atoms with Gasteiger partial charge in [-0.05, 0) is 44.8 Å². The molecule has 1 saturated heterocycles. The molecule has 1 aromatic heterocycles. The molecule has 1 aliphatic rings. The molecule has 21 heavy (non-hydrogen) atoms. The van der Waals surface area contributed by atoms with E-state index in [2.05, 4.69) is 17.6 Å². The number of pyridine rings is 1. The van der Waals surface area contributed by atoms with Crippen molar-refractivity contribution < 1.29 is 9.31 Å². The molecule has 2 rings (SSSR count). The first-order chi connectivity index (χ1) is 9.66. The van der Waals surface area contributed by atoms with Crippen LogP contribution in [0.2, 0.25) is 5.15 Å². The van der Waals surface area contributed by atoms with E-state index in [9.17, 15) is 0 Å². The fourth-order valence-corrected chi connectivity index (χ4v) is 2.30. The van der Waals surface area contributed by atoms with Gasteiger partial charge in [0.15, 0.2) is 5.15 Å². The number of anilines is 1. The van der Waals surface area contributed by atoms with E-state index in [4.69, 9.17) is 26.6 Å². The maximum Gasteiger partial charge on any atom is 0.491 e. The van der Waals surface area contributed by atoms with E-state index >= 15 is 0 Å². The Labute approximate surface area is 136 Å². The molecule has 1 aromatic rings. The molecule has 114 valence electrons. The Bertz CT molecular complexity index is 562. The zero-order valence-electron chi connectivity index (χ0n) is 12.7. The number of thiol groups is 1. The summed E-state index contributed by atoms with van der Waals surface area (Å²) in [4.78, 5) is 4.04. The van der Waals surface area contributed by atoms with Crippen molar-refractivity contribution in [2.75, 3.05) is 11.5 Å². The highest BCUT2D eigenvalue weighted by atomic mass is 35.5. The van der Waals surface area contributed by atoms with E-state index in [1.54, 1.807) is 12.3 Å². The number of nitrogen functional groups attached to an aromatic ring is 1. The Balaban J connectivity index is 2.28. The number of nitrogens with two attached hydrogens (primary N) is 1. The van der Waals surface area contributed by atoms with Crippen LogP contribution in [0.25, 0.3) is 6.08 Å². The van der Waals surface area contributed by atoms with Gasteiger partial charge < -0.3 is 15.0 Å². The van der Waals surface area contributed by atoms with Gasteiger partial charge in [0.1, 0.15) is 0 Å². The van der Waals surface area contributed by atoms with Gasteiger partial charge in [0, 0.05) is 11.9 Å². The van der Waals surface area contributed by atoms with Crippen LogP contribution in [0.4, 0.5) is 5.69 Å². The Morgan fingerprint density at radius 2 is 1.95 bits per heavy atom. The lowest BCUT2D eigenvalue weighted by Crippen LogP contribution is -2.41. The first-order valence-corrected chi connectivity index (χ1v) is 7.75. The van der Waals surface area contributed by atoms with Gasteiger partial charge in [-0.1, -0.05) is 17.7 Å². The number of nitrogens with zero attached hydrogens (tertiary/aromatic N) is 1. The summed E-state index contributed by atoms with van der Waals surface area (Å²) in [6.07, 6.45) is 3.59. The molecule has 2 heterocycles. The van der Waals surface area contributed by atoms with Crippen molar-refractivity contribution in [1.82, 2.24) is 4.98 Å². The van der Waals surface area contributed by atoms with E-state index < -0.39 is 7.12 Å². The second kappa shape index (κ2) is 5.84. The quantitative estimate of drug-likeness (QED) is 0.508. The first-order valence-electron chi connectivity index (χ1n) is 6.74. The summed E-state index contributed by atoms with van der Waals surface area (Å²) in [5, 5.41) is 0.301. The zero-order chi connectivity index (χ0) is 15.8. The maximum absolute atomic E-state index is 6.03. The highest BCUT2D eigenvalue weighted by Gasteiger charge is 2.52. The lowest BCUT2D eigenvalue weighted by molar-refractivity contribution is 0.00578. The Kier molecular flexibility index (Phi) is 4.64. The minimum Gasteiger partial charge on any atom is -0.400 e. The van der Waals surface area contributed by atoms with Crippen molar-refractivity contribution in [1.29, 1.82) is 0 Å². The van der Waals surface area contributed by atoms with Crippen LogP contribution < -0.4 is 5.73 Å². The predicted molar refractivity (Wildman–Crippen MR) is 91.6 cm³/mol. The number of halogens is 1. The van der Waals surface area contributed by atoms with Crippen molar-refractivity contribution in [2.45, 2.75) is 38.9 Å². The Hall–Kier alpha value is -0.685. The fourth-order valence-electron chi connectivity index (χ4n) is 1.96. The highest BCUT2D eigenvalue weighted by Crippen LogP contribution is 2.39. The van der Waals surface area contributed by atoms with Crippen LogP contribution in [0, 0.1) is 0 Å². The molecule has 0 amide bonds. The average Bonchev–Trinajstić information content (AvgIpc) is 2.59. The molecule has 0 aliphatic carbocycles. The van der Waals surface area contributed by atoms with Crippen LogP contribution in [-0.2, 0) is 9.31 Å². The summed E-state index contributed by atoms with van der Waals surface area (Å²) in [6.45, 7) is 8.08. The lowest BCUT2D eigenvalue weighted by atomic mass is 9.78. The van der Waals surface area contributed by atoms with Crippen molar-refractivity contribution in [2.24, 2.45) is 0 Å². The Morgan fingerprint density at radius 3 is 2.43 bits per heavy atom. The van der Waals surface area contributed by atoms with E-state index in [1.807, 2.05) is 33.8 Å². The van der Waals surface area contributed by atoms with Crippen LogP contribution in [0.15, 0.2) is 17.7 Å². The topological polar surface area (TPSA) is 57.4 Å². The first kappa shape index (κ1) is 16.7. The van der Waals surface area contributed by atoms with Gasteiger partial charge in [0.25, 0.3) is 0 Å². The summed E-state index contributed by atoms with van der Waals surface area (Å²) in [5.41, 5.74) is 7.22. The van der Waals surface area contributed by atoms with Gasteiger partial charge in [-0.3, -0.25) is 0 Å². The molecule has 0 atom stereocenters. The van der Waals surface area contributed by atoms with E-state index in [0.29, 0.717) is 16.6 Å². The molecule has 1 fully saturated rings. The molecule has 0 unspecified atom stereocenters. The second-order valence-electron chi connectivity index (χ2n) is 6.11. The summed E-state index contributed by atoms with van der Waals surface area (Å²) >= 11 is 10.2. The van der Waals surface area contributed by atoms with E-state index in [-0.39, 0.29) is 11.2 Å².